The average Bonchev–Trinajstić information content (AvgIpc) is 3.01. The minimum absolute atomic E-state index is 0.161. The summed E-state index contributed by atoms with van der Waals surface area (Å²) in [4.78, 5) is 4.31. The molecular weight excluding hydrogens is 290 g/mol. The largest absolute Gasteiger partial charge is 0.374 e. The summed E-state index contributed by atoms with van der Waals surface area (Å²) in [6.07, 6.45) is 5.08. The van der Waals surface area contributed by atoms with Crippen molar-refractivity contribution in [1.29, 1.82) is 0 Å². The van der Waals surface area contributed by atoms with Gasteiger partial charge >= 0.3 is 0 Å². The number of nitrogens with zero attached hydrogens (tertiary/aromatic N) is 3. The molecule has 1 saturated heterocycles. The second-order valence-electron chi connectivity index (χ2n) is 4.93. The maximum atomic E-state index is 12.6. The fraction of sp³-hybridized carbons (Fsp3) is 0.357. The Balaban J connectivity index is 1.74. The molecule has 1 aliphatic rings. The third-order valence-corrected chi connectivity index (χ3v) is 5.34. The average molecular weight is 307 g/mol. The maximum Gasteiger partial charge on any atom is 0.243 e. The molecule has 6 nitrogen and oxygen atoms in total. The zero-order valence-corrected chi connectivity index (χ0v) is 12.3. The Hall–Kier alpha value is -1.70. The lowest BCUT2D eigenvalue weighted by molar-refractivity contribution is -0.0102. The number of benzene rings is 1. The fourth-order valence-electron chi connectivity index (χ4n) is 2.39. The topological polar surface area (TPSA) is 64.4 Å². The van der Waals surface area contributed by atoms with Gasteiger partial charge in [-0.25, -0.2) is 13.4 Å². The summed E-state index contributed by atoms with van der Waals surface area (Å²) in [5.41, 5.74) is 0. The first-order valence-electron chi connectivity index (χ1n) is 6.79. The highest BCUT2D eigenvalue weighted by Crippen LogP contribution is 2.19. The molecular formula is C14H17N3O3S. The molecule has 1 aromatic carbocycles. The maximum absolute atomic E-state index is 12.6. The van der Waals surface area contributed by atoms with Crippen LogP contribution in [0.2, 0.25) is 0 Å². The zero-order valence-electron chi connectivity index (χ0n) is 11.5. The summed E-state index contributed by atoms with van der Waals surface area (Å²) < 4.78 is 34.2. The van der Waals surface area contributed by atoms with E-state index in [1.165, 1.54) is 4.31 Å². The molecule has 1 atom stereocenters. The molecule has 1 aliphatic heterocycles. The van der Waals surface area contributed by atoms with Gasteiger partial charge in [-0.05, 0) is 12.1 Å². The molecule has 0 N–H and O–H groups in total. The molecule has 2 aromatic rings. The SMILES string of the molecule is O=S(=O)(c1ccccc1)N1CCO[C@H](Cn2ccnc2)C1. The van der Waals surface area contributed by atoms with Gasteiger partial charge in [-0.1, -0.05) is 18.2 Å². The van der Waals surface area contributed by atoms with Crippen LogP contribution in [-0.4, -0.2) is 48.1 Å². The van der Waals surface area contributed by atoms with Crippen LogP contribution < -0.4 is 0 Å². The van der Waals surface area contributed by atoms with Gasteiger partial charge in [-0.15, -0.1) is 0 Å². The van der Waals surface area contributed by atoms with Crippen molar-refractivity contribution >= 4 is 10.0 Å². The molecule has 1 fully saturated rings. The predicted molar refractivity (Wildman–Crippen MR) is 77.2 cm³/mol. The van der Waals surface area contributed by atoms with E-state index in [9.17, 15) is 8.42 Å². The normalized spacial score (nSPS) is 20.5. The van der Waals surface area contributed by atoms with Crippen molar-refractivity contribution in [2.75, 3.05) is 19.7 Å². The van der Waals surface area contributed by atoms with E-state index in [1.54, 1.807) is 42.9 Å². The Morgan fingerprint density at radius 2 is 2.10 bits per heavy atom. The molecule has 7 heteroatoms. The van der Waals surface area contributed by atoms with Crippen LogP contribution in [0.15, 0.2) is 53.9 Å². The van der Waals surface area contributed by atoms with Crippen molar-refractivity contribution in [2.24, 2.45) is 0 Å². The van der Waals surface area contributed by atoms with Crippen LogP contribution in [0.1, 0.15) is 0 Å². The Labute approximate surface area is 124 Å². The Kier molecular flexibility index (Phi) is 4.05. The summed E-state index contributed by atoms with van der Waals surface area (Å²) in [5, 5.41) is 0. The number of ether oxygens (including phenoxy) is 1. The summed E-state index contributed by atoms with van der Waals surface area (Å²) in [5.74, 6) is 0. The first kappa shape index (κ1) is 14.2. The second kappa shape index (κ2) is 5.97. The monoisotopic (exact) mass is 307 g/mol. The van der Waals surface area contributed by atoms with Crippen molar-refractivity contribution < 1.29 is 13.2 Å². The molecule has 0 radical (unpaired) electrons. The van der Waals surface area contributed by atoms with Gasteiger partial charge in [0.05, 0.1) is 30.5 Å². The first-order valence-corrected chi connectivity index (χ1v) is 8.23. The van der Waals surface area contributed by atoms with E-state index < -0.39 is 10.0 Å². The Bertz CT molecular complexity index is 671. The molecule has 0 spiro atoms. The minimum Gasteiger partial charge on any atom is -0.374 e. The molecule has 0 aliphatic carbocycles. The van der Waals surface area contributed by atoms with Crippen LogP contribution >= 0.6 is 0 Å². The Morgan fingerprint density at radius 3 is 2.81 bits per heavy atom. The van der Waals surface area contributed by atoms with E-state index in [2.05, 4.69) is 4.98 Å². The molecule has 21 heavy (non-hydrogen) atoms. The van der Waals surface area contributed by atoms with Gasteiger partial charge in [-0.2, -0.15) is 4.31 Å². The number of hydrogen-bond donors (Lipinski definition) is 0. The molecule has 2 heterocycles. The molecule has 0 unspecified atom stereocenters. The standard InChI is InChI=1S/C14H17N3O3S/c18-21(19,14-4-2-1-3-5-14)17-8-9-20-13(11-17)10-16-7-6-15-12-16/h1-7,12-13H,8-11H2/t13-/m1/s1. The van der Waals surface area contributed by atoms with Crippen molar-refractivity contribution in [3.63, 3.8) is 0 Å². The van der Waals surface area contributed by atoms with E-state index in [1.807, 2.05) is 10.8 Å². The Morgan fingerprint density at radius 1 is 1.29 bits per heavy atom. The van der Waals surface area contributed by atoms with Gasteiger partial charge < -0.3 is 9.30 Å². The van der Waals surface area contributed by atoms with E-state index in [0.717, 1.165) is 0 Å². The number of hydrogen-bond acceptors (Lipinski definition) is 4. The summed E-state index contributed by atoms with van der Waals surface area (Å²) in [6, 6.07) is 8.51. The predicted octanol–water partition coefficient (Wildman–Crippen LogP) is 0.973. The van der Waals surface area contributed by atoms with Crippen molar-refractivity contribution in [3.8, 4) is 0 Å². The van der Waals surface area contributed by atoms with E-state index in [-0.39, 0.29) is 6.10 Å². The minimum atomic E-state index is -3.45. The van der Waals surface area contributed by atoms with Gasteiger partial charge in [0.25, 0.3) is 0 Å². The second-order valence-corrected chi connectivity index (χ2v) is 6.87. The van der Waals surface area contributed by atoms with E-state index >= 15 is 0 Å². The highest BCUT2D eigenvalue weighted by molar-refractivity contribution is 7.89. The lowest BCUT2D eigenvalue weighted by atomic mass is 10.3. The third-order valence-electron chi connectivity index (χ3n) is 3.46. The van der Waals surface area contributed by atoms with E-state index in [4.69, 9.17) is 4.74 Å². The molecule has 0 bridgehead atoms. The highest BCUT2D eigenvalue weighted by Gasteiger charge is 2.30. The van der Waals surface area contributed by atoms with Crippen LogP contribution in [-0.2, 0) is 21.3 Å². The molecule has 0 saturated carbocycles. The van der Waals surface area contributed by atoms with Gasteiger partial charge in [0.1, 0.15) is 0 Å². The molecule has 0 amide bonds. The number of rotatable bonds is 4. The first-order chi connectivity index (χ1) is 10.2. The van der Waals surface area contributed by atoms with Gasteiger partial charge in [0.15, 0.2) is 0 Å². The van der Waals surface area contributed by atoms with Crippen LogP contribution in [0.4, 0.5) is 0 Å². The lowest BCUT2D eigenvalue weighted by Gasteiger charge is -2.32. The quantitative estimate of drug-likeness (QED) is 0.844. The summed E-state index contributed by atoms with van der Waals surface area (Å²) >= 11 is 0. The van der Waals surface area contributed by atoms with Crippen LogP contribution in [0.5, 0.6) is 0 Å². The number of imidazole rings is 1. The summed E-state index contributed by atoms with van der Waals surface area (Å²) in [6.45, 7) is 1.75. The van der Waals surface area contributed by atoms with Crippen LogP contribution in [0.25, 0.3) is 0 Å². The smallest absolute Gasteiger partial charge is 0.243 e. The van der Waals surface area contributed by atoms with Crippen molar-refractivity contribution in [3.05, 3.63) is 49.1 Å². The summed E-state index contributed by atoms with van der Waals surface area (Å²) in [7, 11) is -3.45. The zero-order chi connectivity index (χ0) is 14.7. The molecule has 112 valence electrons. The van der Waals surface area contributed by atoms with Crippen LogP contribution in [0.3, 0.4) is 0 Å². The highest BCUT2D eigenvalue weighted by atomic mass is 32.2. The number of sulfonamides is 1. The lowest BCUT2D eigenvalue weighted by Crippen LogP contribution is -2.46. The van der Waals surface area contributed by atoms with Gasteiger partial charge in [0.2, 0.25) is 10.0 Å². The van der Waals surface area contributed by atoms with E-state index in [0.29, 0.717) is 31.1 Å². The number of morpholine rings is 1. The van der Waals surface area contributed by atoms with Crippen molar-refractivity contribution in [1.82, 2.24) is 13.9 Å². The van der Waals surface area contributed by atoms with Gasteiger partial charge in [0, 0.05) is 25.5 Å². The molecule has 3 rings (SSSR count). The number of aromatic nitrogens is 2. The van der Waals surface area contributed by atoms with Gasteiger partial charge in [-0.3, -0.25) is 0 Å². The van der Waals surface area contributed by atoms with Crippen molar-refractivity contribution in [2.45, 2.75) is 17.5 Å². The third kappa shape index (κ3) is 3.15. The van der Waals surface area contributed by atoms with Crippen LogP contribution in [0, 0.1) is 0 Å². The molecule has 1 aromatic heterocycles. The fourth-order valence-corrected chi connectivity index (χ4v) is 3.87.